The van der Waals surface area contributed by atoms with Crippen molar-refractivity contribution >= 4 is 17.1 Å². The number of nitrogens with two attached hydrogens (primary N) is 1. The summed E-state index contributed by atoms with van der Waals surface area (Å²) in [6.07, 6.45) is 6.47. The third-order valence-corrected chi connectivity index (χ3v) is 3.49. The topological polar surface area (TPSA) is 90.4 Å². The molecule has 0 bridgehead atoms. The summed E-state index contributed by atoms with van der Waals surface area (Å²) >= 11 is 0. The number of nitrogen functional groups attached to an aromatic ring is 1. The molecular weight excluding hydrogens is 258 g/mol. The highest BCUT2D eigenvalue weighted by molar-refractivity contribution is 5.61. The van der Waals surface area contributed by atoms with Gasteiger partial charge in [0.15, 0.2) is 0 Å². The van der Waals surface area contributed by atoms with E-state index in [9.17, 15) is 10.1 Å². The predicted molar refractivity (Wildman–Crippen MR) is 78.8 cm³/mol. The second-order valence-corrected chi connectivity index (χ2v) is 5.13. The zero-order valence-electron chi connectivity index (χ0n) is 11.5. The molecule has 1 aromatic carbocycles. The SMILES string of the molecule is Nc1cc(NCCOC2CCCCC2)cc([N+](=O)[O-])c1. The number of nitrogens with zero attached hydrogens (tertiary/aromatic N) is 1. The van der Waals surface area contributed by atoms with Crippen molar-refractivity contribution in [1.29, 1.82) is 0 Å². The number of benzene rings is 1. The molecule has 1 aliphatic rings. The number of anilines is 2. The smallest absolute Gasteiger partial charge is 0.273 e. The number of non-ortho nitro benzene ring substituents is 1. The standard InChI is InChI=1S/C14H21N3O3/c15-11-8-12(10-13(9-11)17(18)19)16-6-7-20-14-4-2-1-3-5-14/h8-10,14,16H,1-7,15H2. The van der Waals surface area contributed by atoms with E-state index < -0.39 is 4.92 Å². The summed E-state index contributed by atoms with van der Waals surface area (Å²) in [4.78, 5) is 10.3. The van der Waals surface area contributed by atoms with Crippen LogP contribution in [0.1, 0.15) is 32.1 Å². The van der Waals surface area contributed by atoms with Crippen molar-refractivity contribution in [1.82, 2.24) is 0 Å². The van der Waals surface area contributed by atoms with Crippen LogP contribution in [-0.4, -0.2) is 24.2 Å². The Labute approximate surface area is 118 Å². The van der Waals surface area contributed by atoms with Gasteiger partial charge in [0.25, 0.3) is 5.69 Å². The van der Waals surface area contributed by atoms with Gasteiger partial charge in [0.05, 0.1) is 17.6 Å². The van der Waals surface area contributed by atoms with Gasteiger partial charge in [0.1, 0.15) is 0 Å². The van der Waals surface area contributed by atoms with Crippen LogP contribution in [0.2, 0.25) is 0 Å². The highest BCUT2D eigenvalue weighted by Gasteiger charge is 2.13. The van der Waals surface area contributed by atoms with Gasteiger partial charge >= 0.3 is 0 Å². The third-order valence-electron chi connectivity index (χ3n) is 3.49. The first kappa shape index (κ1) is 14.6. The summed E-state index contributed by atoms with van der Waals surface area (Å²) in [7, 11) is 0. The molecule has 0 spiro atoms. The molecule has 1 aromatic rings. The van der Waals surface area contributed by atoms with Crippen LogP contribution < -0.4 is 11.1 Å². The van der Waals surface area contributed by atoms with Gasteiger partial charge in [0, 0.05) is 30.1 Å². The van der Waals surface area contributed by atoms with E-state index in [1.165, 1.54) is 31.4 Å². The molecule has 1 aliphatic carbocycles. The Morgan fingerprint density at radius 2 is 2.05 bits per heavy atom. The fourth-order valence-corrected chi connectivity index (χ4v) is 2.49. The van der Waals surface area contributed by atoms with Gasteiger partial charge in [-0.15, -0.1) is 0 Å². The summed E-state index contributed by atoms with van der Waals surface area (Å²) in [6, 6.07) is 4.52. The summed E-state index contributed by atoms with van der Waals surface area (Å²) in [5.41, 5.74) is 6.68. The van der Waals surface area contributed by atoms with Gasteiger partial charge in [0.2, 0.25) is 0 Å². The van der Waals surface area contributed by atoms with Crippen LogP contribution in [-0.2, 0) is 4.74 Å². The van der Waals surface area contributed by atoms with Crippen molar-refractivity contribution < 1.29 is 9.66 Å². The number of nitro benzene ring substituents is 1. The third kappa shape index (κ3) is 4.38. The van der Waals surface area contributed by atoms with Gasteiger partial charge < -0.3 is 15.8 Å². The van der Waals surface area contributed by atoms with Gasteiger partial charge in [-0.1, -0.05) is 19.3 Å². The number of rotatable bonds is 6. The molecule has 0 amide bonds. The van der Waals surface area contributed by atoms with E-state index >= 15 is 0 Å². The highest BCUT2D eigenvalue weighted by atomic mass is 16.6. The van der Waals surface area contributed by atoms with Gasteiger partial charge in [-0.05, 0) is 18.9 Å². The normalized spacial score (nSPS) is 16.0. The fraction of sp³-hybridized carbons (Fsp3) is 0.571. The fourth-order valence-electron chi connectivity index (χ4n) is 2.49. The lowest BCUT2D eigenvalue weighted by Crippen LogP contribution is -2.20. The molecule has 3 N–H and O–H groups in total. The Kier molecular flexibility index (Phi) is 5.17. The molecule has 0 saturated heterocycles. The molecule has 20 heavy (non-hydrogen) atoms. The minimum Gasteiger partial charge on any atom is -0.398 e. The van der Waals surface area contributed by atoms with E-state index in [1.807, 2.05) is 0 Å². The van der Waals surface area contributed by atoms with Crippen LogP contribution in [0, 0.1) is 10.1 Å². The minimum atomic E-state index is -0.444. The Morgan fingerprint density at radius 3 is 2.75 bits per heavy atom. The van der Waals surface area contributed by atoms with E-state index in [4.69, 9.17) is 10.5 Å². The molecule has 1 fully saturated rings. The second kappa shape index (κ2) is 7.09. The van der Waals surface area contributed by atoms with Crippen molar-refractivity contribution in [3.8, 4) is 0 Å². The Bertz CT molecular complexity index is 459. The van der Waals surface area contributed by atoms with Crippen molar-refractivity contribution in [3.05, 3.63) is 28.3 Å². The number of ether oxygens (including phenoxy) is 1. The Balaban J connectivity index is 1.77. The first-order chi connectivity index (χ1) is 9.65. The van der Waals surface area contributed by atoms with E-state index in [-0.39, 0.29) is 5.69 Å². The molecule has 1 saturated carbocycles. The van der Waals surface area contributed by atoms with Crippen LogP contribution in [0.3, 0.4) is 0 Å². The number of nitro groups is 1. The Hall–Kier alpha value is -1.82. The maximum Gasteiger partial charge on any atom is 0.273 e. The van der Waals surface area contributed by atoms with E-state index in [0.29, 0.717) is 30.6 Å². The highest BCUT2D eigenvalue weighted by Crippen LogP contribution is 2.22. The molecule has 110 valence electrons. The number of nitrogens with one attached hydrogen (secondary N) is 1. The molecule has 6 nitrogen and oxygen atoms in total. The minimum absolute atomic E-state index is 0.000647. The van der Waals surface area contributed by atoms with Gasteiger partial charge in [-0.2, -0.15) is 0 Å². The van der Waals surface area contributed by atoms with E-state index in [0.717, 1.165) is 12.8 Å². The molecule has 0 radical (unpaired) electrons. The van der Waals surface area contributed by atoms with Crippen molar-refractivity contribution in [2.75, 3.05) is 24.2 Å². The van der Waals surface area contributed by atoms with E-state index in [2.05, 4.69) is 5.32 Å². The van der Waals surface area contributed by atoms with Crippen LogP contribution >= 0.6 is 0 Å². The van der Waals surface area contributed by atoms with Crippen molar-refractivity contribution in [3.63, 3.8) is 0 Å². The molecular formula is C14H21N3O3. The first-order valence-electron chi connectivity index (χ1n) is 7.05. The predicted octanol–water partition coefficient (Wildman–Crippen LogP) is 2.94. The molecule has 2 rings (SSSR count). The quantitative estimate of drug-likeness (QED) is 0.361. The van der Waals surface area contributed by atoms with Gasteiger partial charge in [-0.25, -0.2) is 0 Å². The van der Waals surface area contributed by atoms with Crippen LogP contribution in [0.5, 0.6) is 0 Å². The summed E-state index contributed by atoms with van der Waals surface area (Å²) < 4.78 is 5.78. The van der Waals surface area contributed by atoms with Crippen molar-refractivity contribution in [2.24, 2.45) is 0 Å². The summed E-state index contributed by atoms with van der Waals surface area (Å²) in [5, 5.41) is 13.9. The maximum absolute atomic E-state index is 10.7. The lowest BCUT2D eigenvalue weighted by molar-refractivity contribution is -0.384. The summed E-state index contributed by atoms with van der Waals surface area (Å²) in [6.45, 7) is 1.23. The average molecular weight is 279 g/mol. The second-order valence-electron chi connectivity index (χ2n) is 5.13. The first-order valence-corrected chi connectivity index (χ1v) is 7.05. The Morgan fingerprint density at radius 1 is 1.30 bits per heavy atom. The van der Waals surface area contributed by atoms with Crippen molar-refractivity contribution in [2.45, 2.75) is 38.2 Å². The lowest BCUT2D eigenvalue weighted by Gasteiger charge is -2.22. The monoisotopic (exact) mass is 279 g/mol. The van der Waals surface area contributed by atoms with Crippen LogP contribution in [0.15, 0.2) is 18.2 Å². The van der Waals surface area contributed by atoms with Gasteiger partial charge in [-0.3, -0.25) is 10.1 Å². The molecule has 0 aromatic heterocycles. The summed E-state index contributed by atoms with van der Waals surface area (Å²) in [5.74, 6) is 0. The molecule has 0 unspecified atom stereocenters. The van der Waals surface area contributed by atoms with Crippen LogP contribution in [0.25, 0.3) is 0 Å². The molecule has 6 heteroatoms. The number of hydrogen-bond donors (Lipinski definition) is 2. The van der Waals surface area contributed by atoms with E-state index in [1.54, 1.807) is 6.07 Å². The molecule has 0 aliphatic heterocycles. The lowest BCUT2D eigenvalue weighted by atomic mass is 9.98. The maximum atomic E-state index is 10.7. The molecule has 0 heterocycles. The number of hydrogen-bond acceptors (Lipinski definition) is 5. The zero-order chi connectivity index (χ0) is 14.4. The molecule has 0 atom stereocenters. The average Bonchev–Trinajstić information content (AvgIpc) is 2.44. The zero-order valence-corrected chi connectivity index (χ0v) is 11.5. The van der Waals surface area contributed by atoms with Crippen LogP contribution in [0.4, 0.5) is 17.1 Å². The largest absolute Gasteiger partial charge is 0.398 e.